The molecule has 0 radical (unpaired) electrons. The topological polar surface area (TPSA) is 108 Å². The number of nitrogens with zero attached hydrogens (tertiary/aromatic N) is 3. The second-order valence-corrected chi connectivity index (χ2v) is 7.22. The molecule has 3 rings (SSSR count). The number of carbonyl (C=O) groups excluding carboxylic acids is 1. The molecule has 11 heteroatoms. The molecule has 3 aromatic rings. The number of ether oxygens (including phenoxy) is 1. The summed E-state index contributed by atoms with van der Waals surface area (Å²) >= 11 is 15.4. The summed E-state index contributed by atoms with van der Waals surface area (Å²) < 4.78 is 7.53. The molecule has 0 bridgehead atoms. The van der Waals surface area contributed by atoms with Gasteiger partial charge in [-0.05, 0) is 18.2 Å². The minimum atomic E-state index is -1.17. The molecule has 2 heterocycles. The van der Waals surface area contributed by atoms with Crippen molar-refractivity contribution < 1.29 is 24.2 Å². The third-order valence-electron chi connectivity index (χ3n) is 3.54. The van der Waals surface area contributed by atoms with E-state index in [-0.39, 0.29) is 32.6 Å². The van der Waals surface area contributed by atoms with Crippen LogP contribution in [0.1, 0.15) is 15.9 Å². The molecule has 1 aromatic carbocycles. The molecule has 1 N–H and O–H groups in total. The van der Waals surface area contributed by atoms with Crippen LogP contribution in [0.5, 0.6) is 5.75 Å². The van der Waals surface area contributed by atoms with Gasteiger partial charge in [-0.15, -0.1) is 0 Å². The van der Waals surface area contributed by atoms with Crippen LogP contribution in [-0.4, -0.2) is 33.2 Å². The van der Waals surface area contributed by atoms with Crippen LogP contribution in [0.3, 0.4) is 0 Å². The highest BCUT2D eigenvalue weighted by atomic mass is 79.9. The Morgan fingerprint density at radius 2 is 1.96 bits per heavy atom. The first-order valence-corrected chi connectivity index (χ1v) is 9.13. The number of rotatable bonds is 6. The SMILES string of the molecule is O=C(O)COc1ccc(Br)cc1C(=O)c1cnn(-c2c(Cl)c[n+]([O-])cc2Cl)c1. The van der Waals surface area contributed by atoms with Crippen LogP contribution >= 0.6 is 39.1 Å². The number of aromatic nitrogens is 3. The number of pyridine rings is 1. The van der Waals surface area contributed by atoms with Gasteiger partial charge in [0.2, 0.25) is 12.4 Å². The van der Waals surface area contributed by atoms with Gasteiger partial charge in [-0.1, -0.05) is 39.1 Å². The lowest BCUT2D eigenvalue weighted by atomic mass is 10.1. The molecule has 0 aliphatic rings. The monoisotopic (exact) mass is 485 g/mol. The predicted molar refractivity (Wildman–Crippen MR) is 103 cm³/mol. The maximum atomic E-state index is 12.9. The zero-order chi connectivity index (χ0) is 20.4. The molecular formula is C17H10BrCl2N3O5. The third-order valence-corrected chi connectivity index (χ3v) is 4.59. The lowest BCUT2D eigenvalue weighted by Crippen LogP contribution is -2.25. The Hall–Kier alpha value is -2.62. The Morgan fingerprint density at radius 3 is 2.61 bits per heavy atom. The van der Waals surface area contributed by atoms with Crippen LogP contribution in [0, 0.1) is 5.21 Å². The van der Waals surface area contributed by atoms with Crippen LogP contribution in [0.4, 0.5) is 0 Å². The molecule has 0 atom stereocenters. The minimum Gasteiger partial charge on any atom is -0.619 e. The van der Waals surface area contributed by atoms with E-state index in [0.29, 0.717) is 9.20 Å². The van der Waals surface area contributed by atoms with E-state index in [1.165, 1.54) is 29.2 Å². The Labute approximate surface area is 176 Å². The molecule has 0 unspecified atom stereocenters. The highest BCUT2D eigenvalue weighted by Gasteiger charge is 2.20. The lowest BCUT2D eigenvalue weighted by Gasteiger charge is -2.09. The molecular weight excluding hydrogens is 477 g/mol. The fourth-order valence-corrected chi connectivity index (χ4v) is 3.36. The Bertz CT molecular complexity index is 1060. The van der Waals surface area contributed by atoms with Gasteiger partial charge >= 0.3 is 5.97 Å². The van der Waals surface area contributed by atoms with Crippen molar-refractivity contribution in [2.75, 3.05) is 6.61 Å². The molecule has 28 heavy (non-hydrogen) atoms. The molecule has 0 saturated heterocycles. The summed E-state index contributed by atoms with van der Waals surface area (Å²) in [4.78, 5) is 23.7. The van der Waals surface area contributed by atoms with E-state index in [1.54, 1.807) is 6.07 Å². The van der Waals surface area contributed by atoms with Crippen LogP contribution < -0.4 is 9.47 Å². The second kappa shape index (κ2) is 8.17. The highest BCUT2D eigenvalue weighted by molar-refractivity contribution is 9.10. The predicted octanol–water partition coefficient (Wildman–Crippen LogP) is 3.27. The number of benzene rings is 1. The minimum absolute atomic E-state index is 0.0533. The maximum absolute atomic E-state index is 12.9. The van der Waals surface area contributed by atoms with E-state index < -0.39 is 18.4 Å². The molecule has 2 aromatic heterocycles. The zero-order valence-electron chi connectivity index (χ0n) is 13.8. The summed E-state index contributed by atoms with van der Waals surface area (Å²) in [7, 11) is 0. The van der Waals surface area contributed by atoms with Crippen molar-refractivity contribution >= 4 is 50.9 Å². The van der Waals surface area contributed by atoms with Crippen molar-refractivity contribution in [2.24, 2.45) is 0 Å². The average molecular weight is 487 g/mol. The average Bonchev–Trinajstić information content (AvgIpc) is 3.08. The van der Waals surface area contributed by atoms with Gasteiger partial charge in [0, 0.05) is 10.7 Å². The quantitative estimate of drug-likeness (QED) is 0.325. The van der Waals surface area contributed by atoms with Gasteiger partial charge < -0.3 is 15.1 Å². The number of hydrogen-bond acceptors (Lipinski definition) is 5. The molecule has 0 spiro atoms. The number of halogens is 3. The van der Waals surface area contributed by atoms with Gasteiger partial charge in [-0.3, -0.25) is 4.79 Å². The van der Waals surface area contributed by atoms with Crippen molar-refractivity contribution in [3.05, 3.63) is 73.8 Å². The van der Waals surface area contributed by atoms with E-state index in [4.69, 9.17) is 33.0 Å². The first-order chi connectivity index (χ1) is 13.3. The van der Waals surface area contributed by atoms with E-state index in [9.17, 15) is 14.8 Å². The normalized spacial score (nSPS) is 10.7. The Morgan fingerprint density at radius 1 is 1.29 bits per heavy atom. The van der Waals surface area contributed by atoms with Gasteiger partial charge in [0.15, 0.2) is 12.4 Å². The fourth-order valence-electron chi connectivity index (χ4n) is 2.38. The molecule has 0 saturated carbocycles. The lowest BCUT2D eigenvalue weighted by molar-refractivity contribution is -0.605. The van der Waals surface area contributed by atoms with Gasteiger partial charge in [-0.25, -0.2) is 9.48 Å². The number of aliphatic carboxylic acids is 1. The van der Waals surface area contributed by atoms with Crippen molar-refractivity contribution in [3.8, 4) is 11.4 Å². The van der Waals surface area contributed by atoms with Crippen molar-refractivity contribution in [2.45, 2.75) is 0 Å². The second-order valence-electron chi connectivity index (χ2n) is 5.49. The smallest absolute Gasteiger partial charge is 0.341 e. The molecule has 144 valence electrons. The van der Waals surface area contributed by atoms with Gasteiger partial charge in [0.25, 0.3) is 0 Å². The molecule has 0 amide bonds. The summed E-state index contributed by atoms with van der Waals surface area (Å²) in [6.45, 7) is -0.592. The van der Waals surface area contributed by atoms with Crippen molar-refractivity contribution in [3.63, 3.8) is 0 Å². The van der Waals surface area contributed by atoms with E-state index in [2.05, 4.69) is 21.0 Å². The zero-order valence-corrected chi connectivity index (χ0v) is 16.9. The van der Waals surface area contributed by atoms with Gasteiger partial charge in [-0.2, -0.15) is 9.83 Å². The number of carbonyl (C=O) groups is 2. The van der Waals surface area contributed by atoms with E-state index >= 15 is 0 Å². The number of carboxylic acid groups (broad SMARTS) is 1. The van der Waals surface area contributed by atoms with Crippen LogP contribution in [-0.2, 0) is 4.79 Å². The first kappa shape index (κ1) is 20.1. The highest BCUT2D eigenvalue weighted by Crippen LogP contribution is 2.28. The Balaban J connectivity index is 1.98. The van der Waals surface area contributed by atoms with Gasteiger partial charge in [0.1, 0.15) is 21.5 Å². The largest absolute Gasteiger partial charge is 0.619 e. The standard InChI is InChI=1S/C17H10BrCl2N3O5/c18-10-1-2-14(28-8-15(24)25)11(3-10)17(26)9-4-21-23(5-9)16-12(19)6-22(27)7-13(16)20/h1-7H,8H2,(H,24,25). The summed E-state index contributed by atoms with van der Waals surface area (Å²) in [5, 5.41) is 24.4. The molecule has 8 nitrogen and oxygen atoms in total. The third kappa shape index (κ3) is 4.27. The summed E-state index contributed by atoms with van der Waals surface area (Å²) in [5.74, 6) is -1.50. The maximum Gasteiger partial charge on any atom is 0.341 e. The first-order valence-electron chi connectivity index (χ1n) is 7.58. The Kier molecular flexibility index (Phi) is 5.87. The summed E-state index contributed by atoms with van der Waals surface area (Å²) in [6, 6.07) is 4.63. The summed E-state index contributed by atoms with van der Waals surface area (Å²) in [5.41, 5.74) is 0.577. The number of hydrogen-bond donors (Lipinski definition) is 1. The molecule has 0 aliphatic carbocycles. The van der Waals surface area contributed by atoms with E-state index in [0.717, 1.165) is 12.4 Å². The van der Waals surface area contributed by atoms with Crippen LogP contribution in [0.2, 0.25) is 10.0 Å². The van der Waals surface area contributed by atoms with Crippen LogP contribution in [0.25, 0.3) is 5.69 Å². The molecule has 0 fully saturated rings. The van der Waals surface area contributed by atoms with Crippen molar-refractivity contribution in [1.29, 1.82) is 0 Å². The van der Waals surface area contributed by atoms with Crippen molar-refractivity contribution in [1.82, 2.24) is 9.78 Å². The number of carboxylic acids is 1. The fraction of sp³-hybridized carbons (Fsp3) is 0.0588. The molecule has 0 aliphatic heterocycles. The number of ketones is 1. The summed E-state index contributed by atoms with van der Waals surface area (Å²) in [6.07, 6.45) is 4.91. The van der Waals surface area contributed by atoms with Gasteiger partial charge in [0.05, 0.1) is 17.3 Å². The van der Waals surface area contributed by atoms with E-state index in [1.807, 2.05) is 0 Å². The van der Waals surface area contributed by atoms with Crippen LogP contribution in [0.15, 0.2) is 47.5 Å².